The monoisotopic (exact) mass is 328 g/mol. The molecule has 1 unspecified atom stereocenters. The summed E-state index contributed by atoms with van der Waals surface area (Å²) in [6.07, 6.45) is 0.342. The van der Waals surface area contributed by atoms with Crippen LogP contribution in [0, 0.1) is 5.82 Å². The minimum absolute atomic E-state index is 0.156. The highest BCUT2D eigenvalue weighted by atomic mass is 35.5. The van der Waals surface area contributed by atoms with Gasteiger partial charge < -0.3 is 0 Å². The number of nitrogens with one attached hydrogen (secondary N) is 1. The second-order valence-electron chi connectivity index (χ2n) is 5.86. The molecule has 1 aromatic heterocycles. The lowest BCUT2D eigenvalue weighted by Crippen LogP contribution is -2.31. The Morgan fingerprint density at radius 1 is 1.43 bits per heavy atom. The first-order valence-electron chi connectivity index (χ1n) is 6.56. The normalized spacial score (nSPS) is 13.4. The molecule has 2 aromatic rings. The summed E-state index contributed by atoms with van der Waals surface area (Å²) in [5, 5.41) is 4.58. The number of hydrogen-bond donors (Lipinski definition) is 2. The first kappa shape index (κ1) is 16.3. The van der Waals surface area contributed by atoms with Crippen LogP contribution in [0.5, 0.6) is 0 Å². The Hall–Kier alpha value is -1.08. The van der Waals surface area contributed by atoms with Crippen molar-refractivity contribution >= 4 is 23.1 Å². The number of halogens is 2. The van der Waals surface area contributed by atoms with E-state index >= 15 is 0 Å². The van der Waals surface area contributed by atoms with Gasteiger partial charge in [0.15, 0.2) is 0 Å². The van der Waals surface area contributed by atoms with Gasteiger partial charge in [-0.15, -0.1) is 5.10 Å². The zero-order chi connectivity index (χ0) is 15.6. The number of hydrogen-bond acceptors (Lipinski definition) is 5. The van der Waals surface area contributed by atoms with Crippen molar-refractivity contribution in [2.24, 2.45) is 5.84 Å². The van der Waals surface area contributed by atoms with Crippen molar-refractivity contribution in [1.29, 1.82) is 0 Å². The molecule has 0 aliphatic heterocycles. The number of benzene rings is 1. The van der Waals surface area contributed by atoms with Crippen molar-refractivity contribution in [3.05, 3.63) is 45.2 Å². The number of aromatic nitrogens is 2. The Balaban J connectivity index is 2.36. The molecule has 0 fully saturated rings. The molecule has 0 saturated heterocycles. The predicted molar refractivity (Wildman–Crippen MR) is 83.8 cm³/mol. The molecule has 0 amide bonds. The van der Waals surface area contributed by atoms with Gasteiger partial charge >= 0.3 is 0 Å². The molecule has 7 heteroatoms. The molecule has 0 saturated carbocycles. The molecule has 0 radical (unpaired) electrons. The largest absolute Gasteiger partial charge is 0.271 e. The fourth-order valence-corrected chi connectivity index (χ4v) is 3.27. The minimum atomic E-state index is -0.336. The first-order valence-corrected chi connectivity index (χ1v) is 7.71. The quantitative estimate of drug-likeness (QED) is 0.667. The third-order valence-electron chi connectivity index (χ3n) is 3.21. The van der Waals surface area contributed by atoms with Gasteiger partial charge in [-0.05, 0) is 30.1 Å². The van der Waals surface area contributed by atoms with Crippen LogP contribution in [0.4, 0.5) is 4.39 Å². The van der Waals surface area contributed by atoms with Crippen LogP contribution in [0.15, 0.2) is 18.2 Å². The van der Waals surface area contributed by atoms with E-state index < -0.39 is 0 Å². The molecule has 1 aromatic carbocycles. The Bertz CT molecular complexity index is 603. The summed E-state index contributed by atoms with van der Waals surface area (Å²) >= 11 is 7.36. The maximum absolute atomic E-state index is 13.9. The summed E-state index contributed by atoms with van der Waals surface area (Å²) in [6.45, 7) is 6.16. The number of rotatable bonds is 4. The molecule has 3 N–H and O–H groups in total. The molecule has 0 aliphatic rings. The summed E-state index contributed by atoms with van der Waals surface area (Å²) < 4.78 is 18.0. The minimum Gasteiger partial charge on any atom is -0.271 e. The second kappa shape index (κ2) is 6.36. The van der Waals surface area contributed by atoms with E-state index in [9.17, 15) is 4.39 Å². The van der Waals surface area contributed by atoms with Crippen molar-refractivity contribution in [2.75, 3.05) is 0 Å². The summed E-state index contributed by atoms with van der Waals surface area (Å²) in [5.74, 6) is 5.32. The molecular weight excluding hydrogens is 311 g/mol. The molecule has 0 aliphatic carbocycles. The van der Waals surface area contributed by atoms with Gasteiger partial charge in [0.25, 0.3) is 0 Å². The lowest BCUT2D eigenvalue weighted by molar-refractivity contribution is 0.506. The molecule has 0 spiro atoms. The van der Waals surface area contributed by atoms with Gasteiger partial charge in [-0.25, -0.2) is 4.39 Å². The molecular formula is C14H18ClFN4S. The standard InChI is InChI=1S/C14H18ClFN4S/c1-14(2,3)13-12(21-20-19-13)11(18-17)7-8-9(15)5-4-6-10(8)16/h4-6,11,18H,7,17H2,1-3H3. The predicted octanol–water partition coefficient (Wildman–Crippen LogP) is 3.38. The molecule has 0 bridgehead atoms. The fourth-order valence-electron chi connectivity index (χ4n) is 2.10. The van der Waals surface area contributed by atoms with E-state index in [1.807, 2.05) is 0 Å². The molecule has 2 rings (SSSR count). The van der Waals surface area contributed by atoms with Gasteiger partial charge in [-0.3, -0.25) is 11.3 Å². The van der Waals surface area contributed by atoms with E-state index in [4.69, 9.17) is 17.4 Å². The van der Waals surface area contributed by atoms with Crippen molar-refractivity contribution in [2.45, 2.75) is 38.6 Å². The van der Waals surface area contributed by atoms with E-state index in [1.54, 1.807) is 12.1 Å². The number of nitrogens with two attached hydrogens (primary N) is 1. The Morgan fingerprint density at radius 2 is 2.14 bits per heavy atom. The summed E-state index contributed by atoms with van der Waals surface area (Å²) in [6, 6.07) is 4.36. The summed E-state index contributed by atoms with van der Waals surface area (Å²) in [5.41, 5.74) is 3.87. The van der Waals surface area contributed by atoms with Crippen LogP contribution in [0.2, 0.25) is 5.02 Å². The van der Waals surface area contributed by atoms with Crippen LogP contribution in [0.3, 0.4) is 0 Å². The smallest absolute Gasteiger partial charge is 0.127 e. The Morgan fingerprint density at radius 3 is 2.71 bits per heavy atom. The summed E-state index contributed by atoms with van der Waals surface area (Å²) in [7, 11) is 0. The third-order valence-corrected chi connectivity index (χ3v) is 4.40. The van der Waals surface area contributed by atoms with Gasteiger partial charge in [0.1, 0.15) is 5.82 Å². The van der Waals surface area contributed by atoms with E-state index in [0.717, 1.165) is 10.6 Å². The lowest BCUT2D eigenvalue weighted by atomic mass is 9.89. The SMILES string of the molecule is CC(C)(C)c1nnsc1C(Cc1c(F)cccc1Cl)NN. The average Bonchev–Trinajstić information content (AvgIpc) is 2.87. The van der Waals surface area contributed by atoms with Crippen molar-refractivity contribution in [3.63, 3.8) is 0 Å². The van der Waals surface area contributed by atoms with Gasteiger partial charge in [0.2, 0.25) is 0 Å². The molecule has 4 nitrogen and oxygen atoms in total. The van der Waals surface area contributed by atoms with E-state index in [-0.39, 0.29) is 17.3 Å². The molecule has 114 valence electrons. The zero-order valence-corrected chi connectivity index (χ0v) is 13.7. The van der Waals surface area contributed by atoms with Crippen molar-refractivity contribution in [1.82, 2.24) is 15.0 Å². The van der Waals surface area contributed by atoms with Gasteiger partial charge in [0.05, 0.1) is 16.6 Å². The number of nitrogens with zero attached hydrogens (tertiary/aromatic N) is 2. The van der Waals surface area contributed by atoms with E-state index in [0.29, 0.717) is 17.0 Å². The highest BCUT2D eigenvalue weighted by Crippen LogP contribution is 2.33. The maximum Gasteiger partial charge on any atom is 0.127 e. The van der Waals surface area contributed by atoms with Crippen LogP contribution in [-0.4, -0.2) is 9.59 Å². The second-order valence-corrected chi connectivity index (χ2v) is 7.05. The van der Waals surface area contributed by atoms with Crippen molar-refractivity contribution in [3.8, 4) is 0 Å². The average molecular weight is 329 g/mol. The van der Waals surface area contributed by atoms with Gasteiger partial charge in [-0.1, -0.05) is 42.9 Å². The van der Waals surface area contributed by atoms with E-state index in [1.165, 1.54) is 17.6 Å². The van der Waals surface area contributed by atoms with Gasteiger partial charge in [0, 0.05) is 16.0 Å². The molecule has 21 heavy (non-hydrogen) atoms. The Labute approximate surface area is 132 Å². The first-order chi connectivity index (χ1) is 9.84. The van der Waals surface area contributed by atoms with Crippen LogP contribution < -0.4 is 11.3 Å². The van der Waals surface area contributed by atoms with Gasteiger partial charge in [-0.2, -0.15) is 0 Å². The van der Waals surface area contributed by atoms with Crippen LogP contribution in [0.1, 0.15) is 42.9 Å². The van der Waals surface area contributed by atoms with Crippen molar-refractivity contribution < 1.29 is 4.39 Å². The Kier molecular flexibility index (Phi) is 4.93. The molecule has 1 heterocycles. The van der Waals surface area contributed by atoms with Crippen LogP contribution >= 0.6 is 23.1 Å². The highest BCUT2D eigenvalue weighted by molar-refractivity contribution is 7.05. The van der Waals surface area contributed by atoms with Crippen LogP contribution in [-0.2, 0) is 11.8 Å². The topological polar surface area (TPSA) is 63.8 Å². The molecule has 1 atom stereocenters. The third kappa shape index (κ3) is 3.58. The van der Waals surface area contributed by atoms with Crippen LogP contribution in [0.25, 0.3) is 0 Å². The number of hydrazine groups is 1. The van der Waals surface area contributed by atoms with E-state index in [2.05, 4.69) is 35.8 Å². The lowest BCUT2D eigenvalue weighted by Gasteiger charge is -2.21. The summed E-state index contributed by atoms with van der Waals surface area (Å²) in [4.78, 5) is 0.907. The zero-order valence-electron chi connectivity index (χ0n) is 12.2. The highest BCUT2D eigenvalue weighted by Gasteiger charge is 2.27. The fraction of sp³-hybridized carbons (Fsp3) is 0.429. The maximum atomic E-state index is 13.9.